The number of nitrogens with one attached hydrogen (secondary N) is 1. The van der Waals surface area contributed by atoms with Crippen molar-refractivity contribution in [3.63, 3.8) is 0 Å². The van der Waals surface area contributed by atoms with Gasteiger partial charge in [0, 0.05) is 37.5 Å². The number of benzene rings is 1. The highest BCUT2D eigenvalue weighted by molar-refractivity contribution is 5.92. The molecule has 1 N–H and O–H groups in total. The molecule has 1 aromatic carbocycles. The number of likely N-dealkylation sites (N-methyl/N-ethyl adjacent to an activating group) is 1. The molecular formula is C19H26N4O2. The molecule has 6 heteroatoms. The lowest BCUT2D eigenvalue weighted by atomic mass is 9.98. The first-order chi connectivity index (χ1) is 12.0. The fourth-order valence-electron chi connectivity index (χ4n) is 3.05. The molecule has 25 heavy (non-hydrogen) atoms. The van der Waals surface area contributed by atoms with E-state index in [0.29, 0.717) is 13.2 Å². The summed E-state index contributed by atoms with van der Waals surface area (Å²) in [7, 11) is 4.02. The molecule has 1 aliphatic heterocycles. The van der Waals surface area contributed by atoms with Gasteiger partial charge in [-0.25, -0.2) is 4.98 Å². The van der Waals surface area contributed by atoms with E-state index in [0.717, 1.165) is 42.3 Å². The molecule has 0 saturated heterocycles. The third-order valence-corrected chi connectivity index (χ3v) is 4.39. The number of rotatable bonds is 6. The van der Waals surface area contributed by atoms with Gasteiger partial charge in [-0.05, 0) is 39.6 Å². The van der Waals surface area contributed by atoms with Gasteiger partial charge in [0.1, 0.15) is 18.2 Å². The van der Waals surface area contributed by atoms with Crippen LogP contribution >= 0.6 is 0 Å². The molecule has 1 aromatic heterocycles. The first-order valence-corrected chi connectivity index (χ1v) is 8.72. The van der Waals surface area contributed by atoms with E-state index in [9.17, 15) is 4.79 Å². The predicted octanol–water partition coefficient (Wildman–Crippen LogP) is 2.33. The fourth-order valence-corrected chi connectivity index (χ4v) is 3.05. The highest BCUT2D eigenvalue weighted by atomic mass is 16.5. The summed E-state index contributed by atoms with van der Waals surface area (Å²) in [5.41, 5.74) is 1.79. The summed E-state index contributed by atoms with van der Waals surface area (Å²) in [6.45, 7) is 4.16. The summed E-state index contributed by atoms with van der Waals surface area (Å²) < 4.78 is 7.83. The monoisotopic (exact) mass is 342 g/mol. The lowest BCUT2D eigenvalue weighted by Gasteiger charge is -2.23. The van der Waals surface area contributed by atoms with Crippen molar-refractivity contribution in [2.45, 2.75) is 26.3 Å². The van der Waals surface area contributed by atoms with Crippen molar-refractivity contribution in [3.05, 3.63) is 42.0 Å². The molecule has 3 rings (SSSR count). The van der Waals surface area contributed by atoms with Crippen LogP contribution in [-0.4, -0.2) is 47.6 Å². The summed E-state index contributed by atoms with van der Waals surface area (Å²) in [5.74, 6) is 1.88. The molecule has 134 valence electrons. The number of nitrogens with zero attached hydrogens (tertiary/aromatic N) is 3. The first-order valence-electron chi connectivity index (χ1n) is 8.72. The van der Waals surface area contributed by atoms with E-state index in [2.05, 4.69) is 19.8 Å². The molecular weight excluding hydrogens is 316 g/mol. The molecule has 0 bridgehead atoms. The van der Waals surface area contributed by atoms with Crippen molar-refractivity contribution in [1.82, 2.24) is 14.5 Å². The van der Waals surface area contributed by atoms with Crippen LogP contribution in [0.4, 0.5) is 5.69 Å². The van der Waals surface area contributed by atoms with E-state index < -0.39 is 0 Å². The van der Waals surface area contributed by atoms with Crippen molar-refractivity contribution >= 4 is 11.6 Å². The third-order valence-electron chi connectivity index (χ3n) is 4.39. The summed E-state index contributed by atoms with van der Waals surface area (Å²) >= 11 is 0. The number of carbonyl (C=O) groups is 1. The lowest BCUT2D eigenvalue weighted by molar-refractivity contribution is -0.120. The second kappa shape index (κ2) is 7.70. The Labute approximate surface area is 148 Å². The average molecular weight is 342 g/mol. The number of aryl methyl sites for hydroxylation is 2. The smallest absolute Gasteiger partial charge is 0.229 e. The van der Waals surface area contributed by atoms with Gasteiger partial charge >= 0.3 is 0 Å². The van der Waals surface area contributed by atoms with Crippen LogP contribution in [0.5, 0.6) is 5.75 Å². The Hall–Kier alpha value is -2.34. The molecule has 0 fully saturated rings. The van der Waals surface area contributed by atoms with E-state index in [1.54, 1.807) is 0 Å². The van der Waals surface area contributed by atoms with Crippen LogP contribution in [0.25, 0.3) is 0 Å². The van der Waals surface area contributed by atoms with Crippen LogP contribution < -0.4 is 10.1 Å². The Morgan fingerprint density at radius 3 is 3.08 bits per heavy atom. The fraction of sp³-hybridized carbons (Fsp3) is 0.474. The summed E-state index contributed by atoms with van der Waals surface area (Å²) in [5, 5.41) is 3.03. The molecule has 0 aliphatic carbocycles. The largest absolute Gasteiger partial charge is 0.492 e. The molecule has 1 atom stereocenters. The molecule has 6 nitrogen and oxygen atoms in total. The maximum absolute atomic E-state index is 12.6. The molecule has 1 amide bonds. The normalized spacial score (nSPS) is 16.6. The van der Waals surface area contributed by atoms with E-state index >= 15 is 0 Å². The third kappa shape index (κ3) is 4.60. The Kier molecular flexibility index (Phi) is 5.38. The molecule has 0 radical (unpaired) electrons. The minimum absolute atomic E-state index is 0.0283. The minimum Gasteiger partial charge on any atom is -0.492 e. The Morgan fingerprint density at radius 1 is 1.44 bits per heavy atom. The Bertz CT molecular complexity index is 739. The molecule has 2 aromatic rings. The van der Waals surface area contributed by atoms with Gasteiger partial charge in [0.2, 0.25) is 5.91 Å². The molecule has 0 saturated carbocycles. The summed E-state index contributed by atoms with van der Waals surface area (Å²) in [4.78, 5) is 19.2. The number of hydrogen-bond acceptors (Lipinski definition) is 4. The Balaban J connectivity index is 1.58. The SMILES string of the molecule is Cc1cn2c(n1)CCC(C(=O)Nc1cccc(OCCN(C)C)c1)C2. The lowest BCUT2D eigenvalue weighted by Crippen LogP contribution is -2.31. The number of ether oxygens (including phenoxy) is 1. The van der Waals surface area contributed by atoms with Gasteiger partial charge in [-0.3, -0.25) is 4.79 Å². The second-order valence-corrected chi connectivity index (χ2v) is 6.86. The van der Waals surface area contributed by atoms with Crippen molar-refractivity contribution in [2.24, 2.45) is 5.92 Å². The van der Waals surface area contributed by atoms with E-state index in [4.69, 9.17) is 4.74 Å². The molecule has 2 heterocycles. The zero-order chi connectivity index (χ0) is 17.8. The number of fused-ring (bicyclic) bond motifs is 1. The number of hydrogen-bond donors (Lipinski definition) is 1. The number of imidazole rings is 1. The van der Waals surface area contributed by atoms with Crippen LogP contribution in [0.2, 0.25) is 0 Å². The second-order valence-electron chi connectivity index (χ2n) is 6.86. The number of carbonyl (C=O) groups excluding carboxylic acids is 1. The zero-order valence-corrected chi connectivity index (χ0v) is 15.2. The minimum atomic E-state index is -0.0283. The standard InChI is InChI=1S/C19H26N4O2/c1-14-12-23-13-15(7-8-18(23)20-14)19(24)21-16-5-4-6-17(11-16)25-10-9-22(2)3/h4-6,11-12,15H,7-10,13H2,1-3H3,(H,21,24). The quantitative estimate of drug-likeness (QED) is 0.875. The molecule has 1 aliphatic rings. The topological polar surface area (TPSA) is 59.4 Å². The van der Waals surface area contributed by atoms with E-state index in [1.165, 1.54) is 0 Å². The van der Waals surface area contributed by atoms with Gasteiger partial charge < -0.3 is 19.5 Å². The number of anilines is 1. The highest BCUT2D eigenvalue weighted by Gasteiger charge is 2.25. The van der Waals surface area contributed by atoms with E-state index in [-0.39, 0.29) is 11.8 Å². The number of amides is 1. The van der Waals surface area contributed by atoms with Crippen LogP contribution in [0, 0.1) is 12.8 Å². The summed E-state index contributed by atoms with van der Waals surface area (Å²) in [6, 6.07) is 7.58. The van der Waals surface area contributed by atoms with Crippen molar-refractivity contribution in [3.8, 4) is 5.75 Å². The maximum Gasteiger partial charge on any atom is 0.229 e. The highest BCUT2D eigenvalue weighted by Crippen LogP contribution is 2.23. The van der Waals surface area contributed by atoms with Gasteiger partial charge in [-0.2, -0.15) is 0 Å². The van der Waals surface area contributed by atoms with Crippen molar-refractivity contribution in [1.29, 1.82) is 0 Å². The molecule has 1 unspecified atom stereocenters. The first kappa shape index (κ1) is 17.5. The number of aromatic nitrogens is 2. The van der Waals surface area contributed by atoms with Crippen LogP contribution in [0.3, 0.4) is 0 Å². The Morgan fingerprint density at radius 2 is 2.28 bits per heavy atom. The van der Waals surface area contributed by atoms with Crippen LogP contribution in [-0.2, 0) is 17.8 Å². The van der Waals surface area contributed by atoms with Gasteiger partial charge in [0.05, 0.1) is 11.6 Å². The van der Waals surface area contributed by atoms with Gasteiger partial charge in [0.15, 0.2) is 0 Å². The maximum atomic E-state index is 12.6. The van der Waals surface area contributed by atoms with Crippen molar-refractivity contribution < 1.29 is 9.53 Å². The summed E-state index contributed by atoms with van der Waals surface area (Å²) in [6.07, 6.45) is 3.70. The van der Waals surface area contributed by atoms with Gasteiger partial charge in [0.25, 0.3) is 0 Å². The van der Waals surface area contributed by atoms with Crippen LogP contribution in [0.1, 0.15) is 17.9 Å². The van der Waals surface area contributed by atoms with Gasteiger partial charge in [-0.15, -0.1) is 0 Å². The molecule has 0 spiro atoms. The zero-order valence-electron chi connectivity index (χ0n) is 15.2. The predicted molar refractivity (Wildman–Crippen MR) is 97.9 cm³/mol. The van der Waals surface area contributed by atoms with Crippen LogP contribution in [0.15, 0.2) is 30.5 Å². The van der Waals surface area contributed by atoms with Crippen molar-refractivity contribution in [2.75, 3.05) is 32.6 Å². The van der Waals surface area contributed by atoms with Gasteiger partial charge in [-0.1, -0.05) is 6.07 Å². The van der Waals surface area contributed by atoms with E-state index in [1.807, 2.05) is 51.5 Å². The average Bonchev–Trinajstić information content (AvgIpc) is 2.94.